The van der Waals surface area contributed by atoms with Gasteiger partial charge in [-0.3, -0.25) is 0 Å². The molecule has 2 amide bonds. The molecule has 120 valence electrons. The lowest BCUT2D eigenvalue weighted by Crippen LogP contribution is -2.50. The number of urea groups is 1. The van der Waals surface area contributed by atoms with Gasteiger partial charge in [0.15, 0.2) is 0 Å². The number of nitrogens with zero attached hydrogens (tertiary/aromatic N) is 2. The summed E-state index contributed by atoms with van der Waals surface area (Å²) in [6.07, 6.45) is 1.91. The third kappa shape index (κ3) is 2.77. The molecule has 3 heteroatoms. The van der Waals surface area contributed by atoms with Gasteiger partial charge in [-0.15, -0.1) is 6.58 Å². The van der Waals surface area contributed by atoms with Gasteiger partial charge in [0.2, 0.25) is 0 Å². The second-order valence-electron chi connectivity index (χ2n) is 7.95. The lowest BCUT2D eigenvalue weighted by atomic mass is 9.93. The Morgan fingerprint density at radius 2 is 1.45 bits per heavy atom. The summed E-state index contributed by atoms with van der Waals surface area (Å²) in [7, 11) is 0. The Kier molecular flexibility index (Phi) is 4.12. The summed E-state index contributed by atoms with van der Waals surface area (Å²) in [5.41, 5.74) is 0.657. The largest absolute Gasteiger partial charge is 0.322 e. The zero-order chi connectivity index (χ0) is 16.7. The van der Waals surface area contributed by atoms with Gasteiger partial charge in [-0.25, -0.2) is 4.79 Å². The summed E-state index contributed by atoms with van der Waals surface area (Å²) < 4.78 is 0. The van der Waals surface area contributed by atoms with Crippen LogP contribution in [0.3, 0.4) is 0 Å². The smallest absolute Gasteiger partial charge is 0.311 e. The maximum atomic E-state index is 13.2. The lowest BCUT2D eigenvalue weighted by molar-refractivity contribution is 0.123. The SMILES string of the molecule is C=C[C@H]1[C@H](c2ccccc2)N(C(C)(C)C)C(=O)N1C(C)(C)C. The fourth-order valence-electron chi connectivity index (χ4n) is 3.33. The summed E-state index contributed by atoms with van der Waals surface area (Å²) in [4.78, 5) is 17.1. The summed E-state index contributed by atoms with van der Waals surface area (Å²) >= 11 is 0. The topological polar surface area (TPSA) is 23.6 Å². The minimum Gasteiger partial charge on any atom is -0.311 e. The Morgan fingerprint density at radius 1 is 0.955 bits per heavy atom. The predicted octanol–water partition coefficient (Wildman–Crippen LogP) is 4.62. The first-order chi connectivity index (χ1) is 10.1. The van der Waals surface area contributed by atoms with Crippen molar-refractivity contribution in [3.8, 4) is 0 Å². The van der Waals surface area contributed by atoms with E-state index in [1.54, 1.807) is 0 Å². The van der Waals surface area contributed by atoms with Crippen LogP contribution in [0.4, 0.5) is 4.79 Å². The maximum Gasteiger partial charge on any atom is 0.322 e. The first kappa shape index (κ1) is 16.6. The summed E-state index contributed by atoms with van der Waals surface area (Å²) in [6.45, 7) is 16.5. The molecule has 1 aliphatic rings. The van der Waals surface area contributed by atoms with Crippen LogP contribution in [0.25, 0.3) is 0 Å². The van der Waals surface area contributed by atoms with Gasteiger partial charge in [0, 0.05) is 11.1 Å². The monoisotopic (exact) mass is 300 g/mol. The van der Waals surface area contributed by atoms with Crippen LogP contribution < -0.4 is 0 Å². The molecule has 1 fully saturated rings. The van der Waals surface area contributed by atoms with Gasteiger partial charge in [0.25, 0.3) is 0 Å². The van der Waals surface area contributed by atoms with Gasteiger partial charge in [-0.2, -0.15) is 0 Å². The molecule has 3 nitrogen and oxygen atoms in total. The van der Waals surface area contributed by atoms with E-state index in [-0.39, 0.29) is 29.2 Å². The van der Waals surface area contributed by atoms with E-state index < -0.39 is 0 Å². The van der Waals surface area contributed by atoms with Crippen molar-refractivity contribution in [2.45, 2.75) is 64.7 Å². The average molecular weight is 300 g/mol. The van der Waals surface area contributed by atoms with Crippen LogP contribution in [-0.2, 0) is 0 Å². The highest BCUT2D eigenvalue weighted by molar-refractivity contribution is 5.80. The molecule has 0 N–H and O–H groups in total. The van der Waals surface area contributed by atoms with E-state index in [0.717, 1.165) is 5.56 Å². The minimum atomic E-state index is -0.251. The molecule has 22 heavy (non-hydrogen) atoms. The zero-order valence-corrected chi connectivity index (χ0v) is 14.6. The third-order valence-electron chi connectivity index (χ3n) is 4.14. The molecule has 0 radical (unpaired) electrons. The van der Waals surface area contributed by atoms with Gasteiger partial charge in [-0.1, -0.05) is 36.4 Å². The Hall–Kier alpha value is -1.77. The number of carbonyl (C=O) groups excluding carboxylic acids is 1. The van der Waals surface area contributed by atoms with Crippen molar-refractivity contribution in [2.24, 2.45) is 0 Å². The number of hydrogen-bond donors (Lipinski definition) is 0. The molecule has 1 saturated heterocycles. The molecule has 0 bridgehead atoms. The van der Waals surface area contributed by atoms with Crippen LogP contribution in [0.1, 0.15) is 53.1 Å². The molecule has 1 aliphatic heterocycles. The normalized spacial score (nSPS) is 23.1. The van der Waals surface area contributed by atoms with E-state index in [9.17, 15) is 4.79 Å². The second kappa shape index (κ2) is 5.45. The second-order valence-corrected chi connectivity index (χ2v) is 7.95. The molecule has 1 aromatic carbocycles. The van der Waals surface area contributed by atoms with Crippen molar-refractivity contribution >= 4 is 6.03 Å². The van der Waals surface area contributed by atoms with Crippen LogP contribution in [0.15, 0.2) is 43.0 Å². The van der Waals surface area contributed by atoms with E-state index in [0.29, 0.717) is 0 Å². The number of hydrogen-bond acceptors (Lipinski definition) is 1. The van der Waals surface area contributed by atoms with Crippen LogP contribution in [0, 0.1) is 0 Å². The highest BCUT2D eigenvalue weighted by Gasteiger charge is 2.52. The third-order valence-corrected chi connectivity index (χ3v) is 4.14. The standard InChI is InChI=1S/C19H28N2O/c1-8-15-16(14-12-10-9-11-13-14)21(19(5,6)7)17(22)20(15)18(2,3)4/h8-13,15-16H,1H2,2-7H3/t15-,16-/m0/s1. The fraction of sp³-hybridized carbons (Fsp3) is 0.526. The number of benzene rings is 1. The Labute approximate surface area is 134 Å². The fourth-order valence-corrected chi connectivity index (χ4v) is 3.33. The molecule has 2 atom stereocenters. The molecule has 2 rings (SSSR count). The summed E-state index contributed by atoms with van der Waals surface area (Å²) in [5.74, 6) is 0. The first-order valence-electron chi connectivity index (χ1n) is 7.89. The first-order valence-corrected chi connectivity index (χ1v) is 7.89. The Bertz CT molecular complexity index is 551. The molecule has 0 unspecified atom stereocenters. The van der Waals surface area contributed by atoms with Crippen LogP contribution in [0.5, 0.6) is 0 Å². The maximum absolute atomic E-state index is 13.2. The average Bonchev–Trinajstić information content (AvgIpc) is 2.72. The van der Waals surface area contributed by atoms with Crippen molar-refractivity contribution in [3.63, 3.8) is 0 Å². The molecular formula is C19H28N2O. The van der Waals surface area contributed by atoms with Gasteiger partial charge >= 0.3 is 6.03 Å². The van der Waals surface area contributed by atoms with Crippen molar-refractivity contribution in [3.05, 3.63) is 48.6 Å². The van der Waals surface area contributed by atoms with Crippen molar-refractivity contribution < 1.29 is 4.79 Å². The van der Waals surface area contributed by atoms with Gasteiger partial charge < -0.3 is 9.80 Å². The van der Waals surface area contributed by atoms with Crippen molar-refractivity contribution in [2.75, 3.05) is 0 Å². The van der Waals surface area contributed by atoms with Crippen molar-refractivity contribution in [1.29, 1.82) is 0 Å². The van der Waals surface area contributed by atoms with Crippen LogP contribution in [-0.4, -0.2) is 33.0 Å². The summed E-state index contributed by atoms with van der Waals surface area (Å²) in [5, 5.41) is 0. The lowest BCUT2D eigenvalue weighted by Gasteiger charge is -2.37. The molecule has 1 aromatic rings. The van der Waals surface area contributed by atoms with Gasteiger partial charge in [-0.05, 0) is 47.1 Å². The Balaban J connectivity index is 2.60. The molecular weight excluding hydrogens is 272 g/mol. The highest BCUT2D eigenvalue weighted by Crippen LogP contribution is 2.43. The van der Waals surface area contributed by atoms with Crippen LogP contribution in [0.2, 0.25) is 0 Å². The molecule has 1 heterocycles. The van der Waals surface area contributed by atoms with E-state index in [2.05, 4.69) is 60.3 Å². The molecule has 0 spiro atoms. The van der Waals surface area contributed by atoms with Crippen LogP contribution >= 0.6 is 0 Å². The number of amides is 2. The van der Waals surface area contributed by atoms with E-state index in [1.165, 1.54) is 0 Å². The van der Waals surface area contributed by atoms with Gasteiger partial charge in [0.05, 0.1) is 12.1 Å². The number of rotatable bonds is 2. The molecule has 0 saturated carbocycles. The zero-order valence-electron chi connectivity index (χ0n) is 14.6. The highest BCUT2D eigenvalue weighted by atomic mass is 16.2. The van der Waals surface area contributed by atoms with Crippen molar-refractivity contribution in [1.82, 2.24) is 9.80 Å². The van der Waals surface area contributed by atoms with Gasteiger partial charge in [0.1, 0.15) is 0 Å². The Morgan fingerprint density at radius 3 is 1.86 bits per heavy atom. The number of carbonyl (C=O) groups is 1. The molecule has 0 aromatic heterocycles. The predicted molar refractivity (Wildman–Crippen MR) is 91.7 cm³/mol. The minimum absolute atomic E-state index is 0.00887. The summed E-state index contributed by atoms with van der Waals surface area (Å²) in [6, 6.07) is 10.3. The quantitative estimate of drug-likeness (QED) is 0.731. The van der Waals surface area contributed by atoms with E-state index >= 15 is 0 Å². The van der Waals surface area contributed by atoms with E-state index in [4.69, 9.17) is 0 Å². The van der Waals surface area contributed by atoms with E-state index in [1.807, 2.05) is 34.1 Å². The molecule has 0 aliphatic carbocycles.